The van der Waals surface area contributed by atoms with Crippen LogP contribution in [0.4, 0.5) is 11.9 Å². The molecule has 1 aliphatic heterocycles. The molecule has 2 heterocycles. The van der Waals surface area contributed by atoms with Crippen molar-refractivity contribution in [3.63, 3.8) is 0 Å². The molecule has 2 amide bonds. The van der Waals surface area contributed by atoms with Gasteiger partial charge < -0.3 is 0 Å². The van der Waals surface area contributed by atoms with Gasteiger partial charge in [-0.25, -0.2) is 4.68 Å². The summed E-state index contributed by atoms with van der Waals surface area (Å²) < 4.78 is 1.62. The van der Waals surface area contributed by atoms with Gasteiger partial charge in [-0.3, -0.25) is 20.2 Å². The van der Waals surface area contributed by atoms with Crippen LogP contribution in [0.25, 0.3) is 0 Å². The Morgan fingerprint density at radius 3 is 2.62 bits per heavy atom. The Bertz CT molecular complexity index is 969. The van der Waals surface area contributed by atoms with Gasteiger partial charge in [-0.05, 0) is 29.8 Å². The number of fused-ring (bicyclic) bond motifs is 1. The third-order valence-corrected chi connectivity index (χ3v) is 4.32. The standard InChI is InChI=1S/C18H14ClN5O2/c19-13-8-6-12(7-9-13)16(26)21-17-22-18-20-15(25)10-14(24(18)23-17)11-4-2-1-3-5-11/h1-9,14H,10H2,(H2,20,21,22,23,25,26)/t14-/m1/s1. The smallest absolute Gasteiger partial charge is 0.258 e. The topological polar surface area (TPSA) is 88.9 Å². The number of benzene rings is 2. The van der Waals surface area contributed by atoms with E-state index >= 15 is 0 Å². The van der Waals surface area contributed by atoms with E-state index in [4.69, 9.17) is 11.6 Å². The molecule has 7 nitrogen and oxygen atoms in total. The lowest BCUT2D eigenvalue weighted by atomic mass is 10.0. The van der Waals surface area contributed by atoms with Crippen LogP contribution in [-0.4, -0.2) is 26.6 Å². The minimum absolute atomic E-state index is 0.128. The fourth-order valence-corrected chi connectivity index (χ4v) is 2.95. The summed E-state index contributed by atoms with van der Waals surface area (Å²) in [5.74, 6) is -0.0638. The maximum atomic E-state index is 12.3. The average Bonchev–Trinajstić information content (AvgIpc) is 3.04. The number of aromatic nitrogens is 3. The summed E-state index contributed by atoms with van der Waals surface area (Å²) in [6.45, 7) is 0. The van der Waals surface area contributed by atoms with Gasteiger partial charge in [0, 0.05) is 10.6 Å². The minimum Gasteiger partial charge on any atom is -0.295 e. The Hall–Kier alpha value is -3.19. The van der Waals surface area contributed by atoms with E-state index in [0.717, 1.165) is 5.56 Å². The maximum absolute atomic E-state index is 12.3. The molecule has 0 saturated carbocycles. The van der Waals surface area contributed by atoms with Gasteiger partial charge in [0.2, 0.25) is 11.9 Å². The Kier molecular flexibility index (Phi) is 4.14. The first-order valence-electron chi connectivity index (χ1n) is 7.98. The lowest BCUT2D eigenvalue weighted by Gasteiger charge is -2.23. The third-order valence-electron chi connectivity index (χ3n) is 4.07. The fraction of sp³-hybridized carbons (Fsp3) is 0.111. The molecule has 8 heteroatoms. The molecule has 0 bridgehead atoms. The minimum atomic E-state index is -0.354. The average molecular weight is 368 g/mol. The second-order valence-corrected chi connectivity index (χ2v) is 6.28. The first-order chi connectivity index (χ1) is 12.6. The van der Waals surface area contributed by atoms with Crippen molar-refractivity contribution in [2.24, 2.45) is 0 Å². The zero-order chi connectivity index (χ0) is 18.1. The number of amides is 2. The summed E-state index contributed by atoms with van der Waals surface area (Å²) in [6, 6.07) is 15.8. The summed E-state index contributed by atoms with van der Waals surface area (Å²) in [5.41, 5.74) is 1.38. The van der Waals surface area contributed by atoms with Gasteiger partial charge >= 0.3 is 0 Å². The number of halogens is 1. The molecule has 0 radical (unpaired) electrons. The lowest BCUT2D eigenvalue weighted by molar-refractivity contribution is -0.117. The predicted octanol–water partition coefficient (Wildman–Crippen LogP) is 3.12. The highest BCUT2D eigenvalue weighted by Gasteiger charge is 2.29. The number of anilines is 2. The molecule has 1 aromatic heterocycles. The summed E-state index contributed by atoms with van der Waals surface area (Å²) >= 11 is 5.83. The van der Waals surface area contributed by atoms with Crippen molar-refractivity contribution < 1.29 is 9.59 Å². The van der Waals surface area contributed by atoms with Gasteiger partial charge in [0.15, 0.2) is 0 Å². The number of rotatable bonds is 3. The molecule has 4 rings (SSSR count). The molecule has 2 N–H and O–H groups in total. The number of nitrogens with zero attached hydrogens (tertiary/aromatic N) is 3. The van der Waals surface area contributed by atoms with Gasteiger partial charge in [0.25, 0.3) is 11.9 Å². The van der Waals surface area contributed by atoms with Crippen molar-refractivity contribution in [1.29, 1.82) is 0 Å². The van der Waals surface area contributed by atoms with Crippen LogP contribution in [0.3, 0.4) is 0 Å². The van der Waals surface area contributed by atoms with E-state index in [2.05, 4.69) is 20.7 Å². The van der Waals surface area contributed by atoms with Gasteiger partial charge in [-0.1, -0.05) is 41.9 Å². The molecule has 0 aliphatic carbocycles. The Labute approximate surface area is 154 Å². The SMILES string of the molecule is O=C1C[C@H](c2ccccc2)n2nc(NC(=O)c3ccc(Cl)cc3)nc2N1. The van der Waals surface area contributed by atoms with E-state index < -0.39 is 0 Å². The van der Waals surface area contributed by atoms with Crippen molar-refractivity contribution in [3.8, 4) is 0 Å². The molecule has 26 heavy (non-hydrogen) atoms. The van der Waals surface area contributed by atoms with Crippen LogP contribution in [0.2, 0.25) is 5.02 Å². The second-order valence-electron chi connectivity index (χ2n) is 5.84. The van der Waals surface area contributed by atoms with Crippen molar-refractivity contribution in [1.82, 2.24) is 14.8 Å². The van der Waals surface area contributed by atoms with Crippen LogP contribution in [0.1, 0.15) is 28.4 Å². The molecule has 1 aliphatic rings. The van der Waals surface area contributed by atoms with Crippen LogP contribution in [0.5, 0.6) is 0 Å². The highest BCUT2D eigenvalue weighted by molar-refractivity contribution is 6.30. The molecule has 2 aromatic carbocycles. The summed E-state index contributed by atoms with van der Waals surface area (Å²) in [5, 5.41) is 10.2. The van der Waals surface area contributed by atoms with Gasteiger partial charge in [-0.2, -0.15) is 4.98 Å². The summed E-state index contributed by atoms with van der Waals surface area (Å²) in [4.78, 5) is 28.5. The van der Waals surface area contributed by atoms with E-state index in [9.17, 15) is 9.59 Å². The largest absolute Gasteiger partial charge is 0.295 e. The molecule has 0 saturated heterocycles. The van der Waals surface area contributed by atoms with Gasteiger partial charge in [-0.15, -0.1) is 5.10 Å². The molecule has 130 valence electrons. The Morgan fingerprint density at radius 1 is 1.15 bits per heavy atom. The van der Waals surface area contributed by atoms with Crippen molar-refractivity contribution >= 4 is 35.3 Å². The first-order valence-corrected chi connectivity index (χ1v) is 8.36. The molecular weight excluding hydrogens is 354 g/mol. The molecule has 0 fully saturated rings. The fourth-order valence-electron chi connectivity index (χ4n) is 2.83. The normalized spacial score (nSPS) is 15.9. The molecular formula is C18H14ClN5O2. The van der Waals surface area contributed by atoms with E-state index in [1.54, 1.807) is 28.9 Å². The number of carbonyl (C=O) groups excluding carboxylic acids is 2. The molecule has 0 unspecified atom stereocenters. The third kappa shape index (κ3) is 3.16. The highest BCUT2D eigenvalue weighted by Crippen LogP contribution is 2.29. The van der Waals surface area contributed by atoms with Crippen molar-refractivity contribution in [2.75, 3.05) is 10.6 Å². The maximum Gasteiger partial charge on any atom is 0.258 e. The second kappa shape index (κ2) is 6.61. The number of nitrogens with one attached hydrogen (secondary N) is 2. The van der Waals surface area contributed by atoms with E-state index in [1.807, 2.05) is 30.3 Å². The van der Waals surface area contributed by atoms with E-state index in [-0.39, 0.29) is 30.2 Å². The Morgan fingerprint density at radius 2 is 1.88 bits per heavy atom. The van der Waals surface area contributed by atoms with Gasteiger partial charge in [0.05, 0.1) is 12.5 Å². The number of hydrogen-bond donors (Lipinski definition) is 2. The van der Waals surface area contributed by atoms with E-state index in [0.29, 0.717) is 16.5 Å². The highest BCUT2D eigenvalue weighted by atomic mass is 35.5. The summed E-state index contributed by atoms with van der Waals surface area (Å²) in [6.07, 6.45) is 0.255. The zero-order valence-electron chi connectivity index (χ0n) is 13.5. The van der Waals surface area contributed by atoms with Crippen molar-refractivity contribution in [3.05, 3.63) is 70.7 Å². The van der Waals surface area contributed by atoms with Gasteiger partial charge in [0.1, 0.15) is 0 Å². The van der Waals surface area contributed by atoms with Crippen LogP contribution in [0.15, 0.2) is 54.6 Å². The summed E-state index contributed by atoms with van der Waals surface area (Å²) in [7, 11) is 0. The lowest BCUT2D eigenvalue weighted by Crippen LogP contribution is -2.29. The number of hydrogen-bond acceptors (Lipinski definition) is 4. The van der Waals surface area contributed by atoms with Crippen LogP contribution in [0, 0.1) is 0 Å². The van der Waals surface area contributed by atoms with Crippen LogP contribution >= 0.6 is 11.6 Å². The molecule has 3 aromatic rings. The van der Waals surface area contributed by atoms with Crippen LogP contribution in [-0.2, 0) is 4.79 Å². The monoisotopic (exact) mass is 367 g/mol. The molecule has 0 spiro atoms. The van der Waals surface area contributed by atoms with Crippen LogP contribution < -0.4 is 10.6 Å². The molecule has 1 atom stereocenters. The Balaban J connectivity index is 1.61. The van der Waals surface area contributed by atoms with Crippen molar-refractivity contribution in [2.45, 2.75) is 12.5 Å². The first kappa shape index (κ1) is 16.3. The quantitative estimate of drug-likeness (QED) is 0.744. The number of carbonyl (C=O) groups is 2. The zero-order valence-corrected chi connectivity index (χ0v) is 14.3. The van der Waals surface area contributed by atoms with E-state index in [1.165, 1.54) is 0 Å². The predicted molar refractivity (Wildman–Crippen MR) is 97.3 cm³/mol.